The molecular weight excluding hydrogens is 398 g/mol. The van der Waals surface area contributed by atoms with Crippen LogP contribution in [-0.4, -0.2) is 37.2 Å². The molecule has 0 spiro atoms. The largest absolute Gasteiger partial charge is 0.378 e. The number of halogens is 1. The summed E-state index contributed by atoms with van der Waals surface area (Å²) < 4.78 is 5.46. The smallest absolute Gasteiger partial charge is 0.255 e. The van der Waals surface area contributed by atoms with Crippen LogP contribution in [0.2, 0.25) is 5.02 Å². The van der Waals surface area contributed by atoms with Crippen LogP contribution in [0.5, 0.6) is 0 Å². The third-order valence-electron chi connectivity index (χ3n) is 6.26. The average Bonchev–Trinajstić information content (AvgIpc) is 3.11. The van der Waals surface area contributed by atoms with E-state index in [-0.39, 0.29) is 5.91 Å². The van der Waals surface area contributed by atoms with E-state index in [0.29, 0.717) is 29.7 Å². The Bertz CT molecular complexity index is 1100. The summed E-state index contributed by atoms with van der Waals surface area (Å²) in [6.07, 6.45) is 3.36. The minimum Gasteiger partial charge on any atom is -0.378 e. The number of aryl methyl sites for hydroxylation is 1. The van der Waals surface area contributed by atoms with Gasteiger partial charge < -0.3 is 19.9 Å². The molecule has 5 rings (SSSR count). The van der Waals surface area contributed by atoms with Gasteiger partial charge in [-0.3, -0.25) is 4.79 Å². The molecule has 2 N–H and O–H groups in total. The number of carbonyl (C=O) groups is 1. The van der Waals surface area contributed by atoms with E-state index in [1.54, 1.807) is 0 Å². The van der Waals surface area contributed by atoms with E-state index in [1.165, 1.54) is 23.1 Å². The van der Waals surface area contributed by atoms with Crippen LogP contribution in [0.3, 0.4) is 0 Å². The van der Waals surface area contributed by atoms with Gasteiger partial charge in [0.2, 0.25) is 0 Å². The highest BCUT2D eigenvalue weighted by atomic mass is 35.5. The second-order valence-electron chi connectivity index (χ2n) is 8.41. The van der Waals surface area contributed by atoms with Crippen molar-refractivity contribution in [2.45, 2.75) is 26.2 Å². The Balaban J connectivity index is 1.45. The second-order valence-corrected chi connectivity index (χ2v) is 8.84. The van der Waals surface area contributed by atoms with Crippen LogP contribution in [0.25, 0.3) is 10.9 Å². The predicted octanol–water partition coefficient (Wildman–Crippen LogP) is 5.04. The van der Waals surface area contributed by atoms with Gasteiger partial charge in [-0.2, -0.15) is 0 Å². The Kier molecular flexibility index (Phi) is 5.17. The van der Waals surface area contributed by atoms with Gasteiger partial charge in [0.15, 0.2) is 0 Å². The Morgan fingerprint density at radius 1 is 1.20 bits per heavy atom. The molecule has 0 saturated carbocycles. The maximum Gasteiger partial charge on any atom is 0.255 e. The number of fused-ring (bicyclic) bond motifs is 3. The molecule has 2 heterocycles. The number of nitrogens with zero attached hydrogens (tertiary/aromatic N) is 1. The number of rotatable bonds is 3. The molecule has 30 heavy (non-hydrogen) atoms. The van der Waals surface area contributed by atoms with Crippen LogP contribution in [0.15, 0.2) is 36.4 Å². The summed E-state index contributed by atoms with van der Waals surface area (Å²) in [4.78, 5) is 18.9. The molecule has 156 valence electrons. The highest BCUT2D eigenvalue weighted by Gasteiger charge is 2.21. The van der Waals surface area contributed by atoms with Gasteiger partial charge >= 0.3 is 0 Å². The molecule has 1 amide bonds. The molecule has 0 bridgehead atoms. The monoisotopic (exact) mass is 423 g/mol. The Hall–Kier alpha value is -2.50. The Morgan fingerprint density at radius 2 is 2.03 bits per heavy atom. The van der Waals surface area contributed by atoms with Gasteiger partial charge in [-0.25, -0.2) is 0 Å². The van der Waals surface area contributed by atoms with Gasteiger partial charge in [0.1, 0.15) is 0 Å². The van der Waals surface area contributed by atoms with Gasteiger partial charge in [-0.1, -0.05) is 18.5 Å². The van der Waals surface area contributed by atoms with Crippen molar-refractivity contribution in [1.29, 1.82) is 0 Å². The molecular formula is C24H26ClN3O2. The minimum atomic E-state index is -0.118. The summed E-state index contributed by atoms with van der Waals surface area (Å²) in [6.45, 7) is 5.26. The fraction of sp³-hybridized carbons (Fsp3) is 0.375. The van der Waals surface area contributed by atoms with Crippen molar-refractivity contribution in [3.63, 3.8) is 0 Å². The number of ether oxygens (including phenoxy) is 1. The van der Waals surface area contributed by atoms with Crippen LogP contribution in [0, 0.1) is 5.92 Å². The molecule has 6 heteroatoms. The summed E-state index contributed by atoms with van der Waals surface area (Å²) in [7, 11) is 0. The maximum atomic E-state index is 13.2. The summed E-state index contributed by atoms with van der Waals surface area (Å²) >= 11 is 6.24. The number of benzene rings is 2. The number of morpholine rings is 1. The molecule has 5 nitrogen and oxygen atoms in total. The standard InChI is InChI=1S/C24H26ClN3O2/c1-15-2-5-20-18(12-15)19-13-16(3-6-21(19)26-20)24(29)27-22-14-17(25)4-7-23(22)28-8-10-30-11-9-28/h3-4,6-7,13-15,26H,2,5,8-12H2,1H3,(H,27,29)/t15-/m0/s1. The first kappa shape index (κ1) is 19.5. The molecule has 1 fully saturated rings. The topological polar surface area (TPSA) is 57.4 Å². The van der Waals surface area contributed by atoms with Crippen molar-refractivity contribution in [2.75, 3.05) is 36.5 Å². The molecule has 1 aliphatic carbocycles. The summed E-state index contributed by atoms with van der Waals surface area (Å²) in [5, 5.41) is 4.87. The van der Waals surface area contributed by atoms with Gasteiger partial charge in [0, 0.05) is 40.3 Å². The summed E-state index contributed by atoms with van der Waals surface area (Å²) in [5.74, 6) is 0.559. The Labute approximate surface area is 181 Å². The molecule has 1 atom stereocenters. The van der Waals surface area contributed by atoms with Crippen molar-refractivity contribution in [1.82, 2.24) is 4.98 Å². The number of anilines is 2. The number of hydrogen-bond donors (Lipinski definition) is 2. The van der Waals surface area contributed by atoms with Gasteiger partial charge in [0.05, 0.1) is 24.6 Å². The SMILES string of the molecule is C[C@H]1CCc2[nH]c3ccc(C(=O)Nc4cc(Cl)ccc4N4CCOCC4)cc3c2C1. The van der Waals surface area contributed by atoms with Gasteiger partial charge in [-0.05, 0) is 67.1 Å². The molecule has 1 saturated heterocycles. The zero-order valence-electron chi connectivity index (χ0n) is 17.1. The van der Waals surface area contributed by atoms with E-state index < -0.39 is 0 Å². The number of carbonyl (C=O) groups excluding carboxylic acids is 1. The fourth-order valence-corrected chi connectivity index (χ4v) is 4.79. The maximum absolute atomic E-state index is 13.2. The minimum absolute atomic E-state index is 0.118. The number of aromatic amines is 1. The van der Waals surface area contributed by atoms with E-state index in [9.17, 15) is 4.79 Å². The fourth-order valence-electron chi connectivity index (χ4n) is 4.62. The molecule has 0 radical (unpaired) electrons. The number of H-pyrrole nitrogens is 1. The first-order chi connectivity index (χ1) is 14.6. The first-order valence-corrected chi connectivity index (χ1v) is 11.0. The number of hydrogen-bond acceptors (Lipinski definition) is 3. The molecule has 1 aromatic heterocycles. The lowest BCUT2D eigenvalue weighted by Crippen LogP contribution is -2.36. The van der Waals surface area contributed by atoms with Crippen LogP contribution >= 0.6 is 11.6 Å². The van der Waals surface area contributed by atoms with E-state index in [2.05, 4.69) is 22.1 Å². The second kappa shape index (κ2) is 7.97. The molecule has 1 aliphatic heterocycles. The first-order valence-electron chi connectivity index (χ1n) is 10.7. The highest BCUT2D eigenvalue weighted by Crippen LogP contribution is 2.33. The van der Waals surface area contributed by atoms with E-state index in [1.807, 2.05) is 36.4 Å². The van der Waals surface area contributed by atoms with E-state index in [0.717, 1.165) is 42.8 Å². The van der Waals surface area contributed by atoms with Crippen LogP contribution in [0.4, 0.5) is 11.4 Å². The zero-order chi connectivity index (χ0) is 20.7. The number of aromatic nitrogens is 1. The average molecular weight is 424 g/mol. The van der Waals surface area contributed by atoms with E-state index in [4.69, 9.17) is 16.3 Å². The predicted molar refractivity (Wildman–Crippen MR) is 122 cm³/mol. The van der Waals surface area contributed by atoms with Crippen molar-refractivity contribution in [2.24, 2.45) is 5.92 Å². The summed E-state index contributed by atoms with van der Waals surface area (Å²) in [5.41, 5.74) is 6.18. The lowest BCUT2D eigenvalue weighted by atomic mass is 9.87. The lowest BCUT2D eigenvalue weighted by molar-refractivity contribution is 0.102. The van der Waals surface area contributed by atoms with Crippen molar-refractivity contribution in [3.8, 4) is 0 Å². The molecule has 2 aromatic carbocycles. The molecule has 0 unspecified atom stereocenters. The van der Waals surface area contributed by atoms with Gasteiger partial charge in [-0.15, -0.1) is 0 Å². The van der Waals surface area contributed by atoms with Crippen LogP contribution < -0.4 is 10.2 Å². The number of amides is 1. The van der Waals surface area contributed by atoms with Crippen LogP contribution in [0.1, 0.15) is 35.0 Å². The Morgan fingerprint density at radius 3 is 2.87 bits per heavy atom. The van der Waals surface area contributed by atoms with Crippen molar-refractivity contribution in [3.05, 3.63) is 58.2 Å². The molecule has 2 aliphatic rings. The quantitative estimate of drug-likeness (QED) is 0.620. The summed E-state index contributed by atoms with van der Waals surface area (Å²) in [6, 6.07) is 11.6. The highest BCUT2D eigenvalue weighted by molar-refractivity contribution is 6.31. The lowest BCUT2D eigenvalue weighted by Gasteiger charge is -2.30. The molecule has 3 aromatic rings. The normalized spacial score (nSPS) is 19.0. The number of nitrogens with one attached hydrogen (secondary N) is 2. The third-order valence-corrected chi connectivity index (χ3v) is 6.49. The van der Waals surface area contributed by atoms with E-state index >= 15 is 0 Å². The zero-order valence-corrected chi connectivity index (χ0v) is 17.9. The third kappa shape index (κ3) is 3.68. The van der Waals surface area contributed by atoms with Gasteiger partial charge in [0.25, 0.3) is 5.91 Å². The van der Waals surface area contributed by atoms with Crippen molar-refractivity contribution >= 4 is 39.8 Å². The van der Waals surface area contributed by atoms with Crippen molar-refractivity contribution < 1.29 is 9.53 Å². The van der Waals surface area contributed by atoms with Crippen LogP contribution in [-0.2, 0) is 17.6 Å².